The Balaban J connectivity index is 2.68. The van der Waals surface area contributed by atoms with Crippen LogP contribution in [0.2, 0.25) is 0 Å². The third-order valence-electron chi connectivity index (χ3n) is 5.55. The van der Waals surface area contributed by atoms with Crippen LogP contribution >= 0.6 is 0 Å². The molecule has 2 aromatic carbocycles. The number of rotatable bonds is 9. The van der Waals surface area contributed by atoms with Gasteiger partial charge in [-0.3, -0.25) is 0 Å². The number of alkyl halides is 9. The molecule has 1 N–H and O–H groups in total. The second-order valence-electron chi connectivity index (χ2n) is 7.88. The molecule has 32 heavy (non-hydrogen) atoms. The Hall–Kier alpha value is -2.13. The maximum Gasteiger partial charge on any atom is 0.460 e. The number of aromatic hydroxyl groups is 1. The van der Waals surface area contributed by atoms with Crippen LogP contribution in [0.4, 0.5) is 39.5 Å². The minimum absolute atomic E-state index is 0.221. The van der Waals surface area contributed by atoms with Gasteiger partial charge in [-0.25, -0.2) is 0 Å². The van der Waals surface area contributed by atoms with Gasteiger partial charge in [-0.05, 0) is 29.4 Å². The molecule has 0 spiro atoms. The summed E-state index contributed by atoms with van der Waals surface area (Å²) in [6.45, 7) is 3.49. The van der Waals surface area contributed by atoms with Gasteiger partial charge < -0.3 is 5.11 Å². The number of hydrogen-bond donors (Lipinski definition) is 1. The molecule has 1 unspecified atom stereocenters. The predicted octanol–water partition coefficient (Wildman–Crippen LogP) is 8.54. The van der Waals surface area contributed by atoms with Gasteiger partial charge in [0.1, 0.15) is 5.75 Å². The molecule has 0 aliphatic heterocycles. The topological polar surface area (TPSA) is 20.2 Å². The summed E-state index contributed by atoms with van der Waals surface area (Å²) in [5, 5.41) is 9.46. The highest BCUT2D eigenvalue weighted by atomic mass is 19.4. The first-order chi connectivity index (χ1) is 14.6. The molecule has 0 amide bonds. The van der Waals surface area contributed by atoms with Crippen LogP contribution in [0.5, 0.6) is 5.75 Å². The van der Waals surface area contributed by atoms with Gasteiger partial charge in [-0.1, -0.05) is 63.8 Å². The van der Waals surface area contributed by atoms with E-state index in [0.29, 0.717) is 18.9 Å². The maximum absolute atomic E-state index is 14.8. The van der Waals surface area contributed by atoms with Crippen LogP contribution in [0.15, 0.2) is 30.3 Å². The van der Waals surface area contributed by atoms with Crippen LogP contribution in [0.3, 0.4) is 0 Å². The molecule has 0 aliphatic carbocycles. The van der Waals surface area contributed by atoms with E-state index in [4.69, 9.17) is 0 Å². The number of halogens is 9. The van der Waals surface area contributed by atoms with Crippen molar-refractivity contribution in [3.05, 3.63) is 41.5 Å². The summed E-state index contributed by atoms with van der Waals surface area (Å²) < 4.78 is 122. The molecule has 0 aromatic heterocycles. The number of phenolic OH excluding ortho intramolecular Hbond substituents is 1. The lowest BCUT2D eigenvalue weighted by atomic mass is 9.86. The molecular formula is C22H23F9O. The zero-order valence-electron chi connectivity index (χ0n) is 17.3. The average molecular weight is 474 g/mol. The third-order valence-corrected chi connectivity index (χ3v) is 5.55. The van der Waals surface area contributed by atoms with E-state index in [1.165, 1.54) is 13.0 Å². The largest absolute Gasteiger partial charge is 0.507 e. The summed E-state index contributed by atoms with van der Waals surface area (Å²) in [7, 11) is 0. The van der Waals surface area contributed by atoms with E-state index in [0.717, 1.165) is 37.5 Å². The highest BCUT2D eigenvalue weighted by Gasteiger charge is 2.82. The Morgan fingerprint density at radius 2 is 1.38 bits per heavy atom. The van der Waals surface area contributed by atoms with Crippen molar-refractivity contribution in [1.29, 1.82) is 0 Å². The van der Waals surface area contributed by atoms with E-state index in [-0.39, 0.29) is 10.9 Å². The van der Waals surface area contributed by atoms with Crippen molar-refractivity contribution in [3.8, 4) is 5.75 Å². The van der Waals surface area contributed by atoms with Crippen molar-refractivity contribution >= 4 is 10.8 Å². The summed E-state index contributed by atoms with van der Waals surface area (Å²) in [6.07, 6.45) is -3.33. The fourth-order valence-corrected chi connectivity index (χ4v) is 3.59. The van der Waals surface area contributed by atoms with Crippen LogP contribution in [0, 0.1) is 0 Å². The van der Waals surface area contributed by atoms with E-state index in [2.05, 4.69) is 0 Å². The number of hydrogen-bond acceptors (Lipinski definition) is 1. The van der Waals surface area contributed by atoms with E-state index in [9.17, 15) is 44.6 Å². The molecule has 0 radical (unpaired) electrons. The van der Waals surface area contributed by atoms with Gasteiger partial charge in [0.05, 0.1) is 0 Å². The monoisotopic (exact) mass is 474 g/mol. The Kier molecular flexibility index (Phi) is 7.36. The van der Waals surface area contributed by atoms with Gasteiger partial charge in [0.25, 0.3) is 0 Å². The zero-order valence-corrected chi connectivity index (χ0v) is 17.3. The van der Waals surface area contributed by atoms with Crippen LogP contribution in [-0.4, -0.2) is 23.1 Å². The molecule has 1 nitrogen and oxygen atoms in total. The van der Waals surface area contributed by atoms with Crippen LogP contribution in [0.1, 0.15) is 63.0 Å². The lowest BCUT2D eigenvalue weighted by Gasteiger charge is -2.34. The number of unbranched alkanes of at least 4 members (excludes halogenated alkanes) is 3. The molecule has 0 fully saturated rings. The Morgan fingerprint density at radius 1 is 0.812 bits per heavy atom. The summed E-state index contributed by atoms with van der Waals surface area (Å²) >= 11 is 0. The van der Waals surface area contributed by atoms with Gasteiger partial charge in [-0.15, -0.1) is 0 Å². The van der Waals surface area contributed by atoms with Crippen molar-refractivity contribution in [2.24, 2.45) is 0 Å². The van der Waals surface area contributed by atoms with E-state index < -0.39 is 46.6 Å². The fourth-order valence-electron chi connectivity index (χ4n) is 3.59. The smallest absolute Gasteiger partial charge is 0.460 e. The van der Waals surface area contributed by atoms with Crippen molar-refractivity contribution < 1.29 is 44.6 Å². The SMILES string of the molecule is CCCCCCC(C)c1cc(C(F)(F)C(F)(F)C(F)(F)C(F)(F)F)c2ccccc2c1O. The van der Waals surface area contributed by atoms with Gasteiger partial charge in [0.2, 0.25) is 0 Å². The molecular weight excluding hydrogens is 451 g/mol. The van der Waals surface area contributed by atoms with Crippen LogP contribution in [-0.2, 0) is 5.92 Å². The van der Waals surface area contributed by atoms with Crippen LogP contribution < -0.4 is 0 Å². The molecule has 2 rings (SSSR count). The van der Waals surface area contributed by atoms with Gasteiger partial charge in [-0.2, -0.15) is 39.5 Å². The lowest BCUT2D eigenvalue weighted by Crippen LogP contribution is -2.59. The van der Waals surface area contributed by atoms with Gasteiger partial charge in [0.15, 0.2) is 0 Å². The zero-order chi connectivity index (χ0) is 24.5. The minimum atomic E-state index is -6.99. The van der Waals surface area contributed by atoms with Crippen molar-refractivity contribution in [2.75, 3.05) is 0 Å². The van der Waals surface area contributed by atoms with E-state index in [1.54, 1.807) is 0 Å². The number of benzene rings is 2. The molecule has 0 saturated heterocycles. The quantitative estimate of drug-likeness (QED) is 0.285. The lowest BCUT2D eigenvalue weighted by molar-refractivity contribution is -0.399. The minimum Gasteiger partial charge on any atom is -0.507 e. The maximum atomic E-state index is 14.8. The molecule has 0 aliphatic rings. The third kappa shape index (κ3) is 4.37. The second kappa shape index (κ2) is 9.02. The summed E-state index contributed by atoms with van der Waals surface area (Å²) in [6, 6.07) is 4.80. The Morgan fingerprint density at radius 3 is 1.91 bits per heavy atom. The van der Waals surface area contributed by atoms with Crippen molar-refractivity contribution in [1.82, 2.24) is 0 Å². The highest BCUT2D eigenvalue weighted by Crippen LogP contribution is 2.58. The first-order valence-electron chi connectivity index (χ1n) is 10.1. The molecule has 180 valence electrons. The van der Waals surface area contributed by atoms with Crippen molar-refractivity contribution in [3.63, 3.8) is 0 Å². The van der Waals surface area contributed by atoms with Crippen LogP contribution in [0.25, 0.3) is 10.8 Å². The molecule has 10 heteroatoms. The average Bonchev–Trinajstić information content (AvgIpc) is 2.70. The van der Waals surface area contributed by atoms with E-state index in [1.807, 2.05) is 6.92 Å². The summed E-state index contributed by atoms with van der Waals surface area (Å²) in [5.74, 6) is -20.8. The first kappa shape index (κ1) is 26.1. The van der Waals surface area contributed by atoms with Gasteiger partial charge in [0, 0.05) is 10.9 Å². The summed E-state index contributed by atoms with van der Waals surface area (Å²) in [5.41, 5.74) is -1.92. The molecule has 1 atom stereocenters. The van der Waals surface area contributed by atoms with E-state index >= 15 is 0 Å². The number of phenols is 1. The molecule has 2 aromatic rings. The molecule has 0 bridgehead atoms. The predicted molar refractivity (Wildman–Crippen MR) is 103 cm³/mol. The van der Waals surface area contributed by atoms with Crippen molar-refractivity contribution in [2.45, 2.75) is 75.8 Å². The highest BCUT2D eigenvalue weighted by molar-refractivity contribution is 5.93. The molecule has 0 saturated carbocycles. The Bertz CT molecular complexity index is 935. The fraction of sp³-hybridized carbons (Fsp3) is 0.545. The second-order valence-corrected chi connectivity index (χ2v) is 7.88. The first-order valence-corrected chi connectivity index (χ1v) is 10.1. The molecule has 0 heterocycles. The van der Waals surface area contributed by atoms with Gasteiger partial charge >= 0.3 is 23.9 Å². The Labute approximate surface area is 179 Å². The number of fused-ring (bicyclic) bond motifs is 1. The standard InChI is InChI=1S/C22H23F9O/c1-3-4-5-6-9-13(2)16-12-17(14-10-7-8-11-15(14)18(16)32)19(23,24)20(25,26)21(27,28)22(29,30)31/h7-8,10-13,32H,3-6,9H2,1-2H3. The summed E-state index contributed by atoms with van der Waals surface area (Å²) in [4.78, 5) is 0. The normalized spacial score (nSPS) is 14.7.